The van der Waals surface area contributed by atoms with Crippen molar-refractivity contribution in [1.82, 2.24) is 0 Å². The van der Waals surface area contributed by atoms with E-state index >= 15 is 0 Å². The summed E-state index contributed by atoms with van der Waals surface area (Å²) in [5, 5.41) is 3.31. The van der Waals surface area contributed by atoms with Crippen molar-refractivity contribution in [3.63, 3.8) is 0 Å². The van der Waals surface area contributed by atoms with Gasteiger partial charge in [-0.2, -0.15) is 0 Å². The summed E-state index contributed by atoms with van der Waals surface area (Å²) in [6.07, 6.45) is 2.92. The Morgan fingerprint density at radius 3 is 2.58 bits per heavy atom. The van der Waals surface area contributed by atoms with Gasteiger partial charge in [-0.15, -0.1) is 11.3 Å². The first kappa shape index (κ1) is 21.7. The van der Waals surface area contributed by atoms with E-state index in [2.05, 4.69) is 5.32 Å². The minimum Gasteiger partial charge on any atom is -0.496 e. The van der Waals surface area contributed by atoms with Crippen LogP contribution in [0.1, 0.15) is 38.4 Å². The molecule has 31 heavy (non-hydrogen) atoms. The lowest BCUT2D eigenvalue weighted by atomic mass is 10.1. The van der Waals surface area contributed by atoms with E-state index in [1.54, 1.807) is 47.4 Å². The van der Waals surface area contributed by atoms with E-state index in [-0.39, 0.29) is 11.8 Å². The number of methoxy groups -OCH3 is 1. The summed E-state index contributed by atoms with van der Waals surface area (Å²) in [6, 6.07) is 13.6. The second-order valence-electron chi connectivity index (χ2n) is 7.15. The summed E-state index contributed by atoms with van der Waals surface area (Å²) >= 11 is 13.7. The maximum Gasteiger partial charge on any atom is 0.259 e. The van der Waals surface area contributed by atoms with Gasteiger partial charge >= 0.3 is 0 Å². The SMILES string of the molecule is COc1cc(Cl)ccc1C(=O)Nc1ccc(C(=O)N2CCCCc3sc(Cl)cc32)cc1. The molecule has 0 aliphatic carbocycles. The Morgan fingerprint density at radius 1 is 1.06 bits per heavy atom. The number of hydrogen-bond acceptors (Lipinski definition) is 4. The third-order valence-electron chi connectivity index (χ3n) is 5.13. The fourth-order valence-electron chi connectivity index (χ4n) is 3.58. The molecule has 0 atom stereocenters. The number of carbonyl (C=O) groups excluding carboxylic acids is 2. The summed E-state index contributed by atoms with van der Waals surface area (Å²) in [4.78, 5) is 28.7. The van der Waals surface area contributed by atoms with Crippen LogP contribution in [-0.4, -0.2) is 25.5 Å². The van der Waals surface area contributed by atoms with Gasteiger partial charge in [0.1, 0.15) is 5.75 Å². The predicted octanol–water partition coefficient (Wildman–Crippen LogP) is 6.30. The van der Waals surface area contributed by atoms with Gasteiger partial charge in [0.15, 0.2) is 0 Å². The average molecular weight is 475 g/mol. The molecular weight excluding hydrogens is 455 g/mol. The Balaban J connectivity index is 1.51. The van der Waals surface area contributed by atoms with Gasteiger partial charge in [-0.1, -0.05) is 23.2 Å². The molecule has 8 heteroatoms. The van der Waals surface area contributed by atoms with E-state index in [4.69, 9.17) is 27.9 Å². The monoisotopic (exact) mass is 474 g/mol. The lowest BCUT2D eigenvalue weighted by Crippen LogP contribution is -2.31. The van der Waals surface area contributed by atoms with E-state index < -0.39 is 0 Å². The molecule has 0 saturated carbocycles. The highest BCUT2D eigenvalue weighted by Crippen LogP contribution is 2.37. The number of nitrogens with zero attached hydrogens (tertiary/aromatic N) is 1. The zero-order valence-electron chi connectivity index (χ0n) is 16.8. The highest BCUT2D eigenvalue weighted by atomic mass is 35.5. The minimum absolute atomic E-state index is 0.0742. The molecule has 0 bridgehead atoms. The molecule has 5 nitrogen and oxygen atoms in total. The molecule has 0 fully saturated rings. The molecule has 0 spiro atoms. The fraction of sp³-hybridized carbons (Fsp3) is 0.217. The van der Waals surface area contributed by atoms with Crippen molar-refractivity contribution in [3.8, 4) is 5.75 Å². The standard InChI is InChI=1S/C23H20Cl2N2O3S/c1-30-19-12-15(24)7-10-17(19)22(28)26-16-8-5-14(6-9-16)23(29)27-11-3-2-4-20-18(27)13-21(25)31-20/h5-10,12-13H,2-4,11H2,1H3,(H,26,28). The van der Waals surface area contributed by atoms with Crippen LogP contribution in [0.25, 0.3) is 0 Å². The van der Waals surface area contributed by atoms with Crippen molar-refractivity contribution in [2.75, 3.05) is 23.9 Å². The zero-order valence-corrected chi connectivity index (χ0v) is 19.1. The predicted molar refractivity (Wildman–Crippen MR) is 126 cm³/mol. The number of thiophene rings is 1. The van der Waals surface area contributed by atoms with Crippen LogP contribution in [0.3, 0.4) is 0 Å². The number of ether oxygens (including phenoxy) is 1. The number of hydrogen-bond donors (Lipinski definition) is 1. The normalized spacial score (nSPS) is 13.3. The first-order chi connectivity index (χ1) is 15.0. The molecule has 3 aromatic rings. The van der Waals surface area contributed by atoms with Crippen molar-refractivity contribution in [2.45, 2.75) is 19.3 Å². The van der Waals surface area contributed by atoms with Crippen LogP contribution in [0.15, 0.2) is 48.5 Å². The molecule has 1 aromatic heterocycles. The van der Waals surface area contributed by atoms with Crippen LogP contribution in [0.2, 0.25) is 9.36 Å². The topological polar surface area (TPSA) is 58.6 Å². The Labute approximate surface area is 194 Å². The van der Waals surface area contributed by atoms with Crippen LogP contribution in [0, 0.1) is 0 Å². The Kier molecular flexibility index (Phi) is 6.51. The third-order valence-corrected chi connectivity index (χ3v) is 6.67. The number of nitrogens with one attached hydrogen (secondary N) is 1. The zero-order chi connectivity index (χ0) is 22.0. The summed E-state index contributed by atoms with van der Waals surface area (Å²) in [5.41, 5.74) is 2.41. The number of carbonyl (C=O) groups is 2. The van der Waals surface area contributed by atoms with Crippen LogP contribution in [0.4, 0.5) is 11.4 Å². The van der Waals surface area contributed by atoms with Crippen LogP contribution in [0.5, 0.6) is 5.75 Å². The molecule has 2 amide bonds. The van der Waals surface area contributed by atoms with Gasteiger partial charge in [-0.05, 0) is 67.8 Å². The van der Waals surface area contributed by atoms with Crippen molar-refractivity contribution in [2.24, 2.45) is 0 Å². The lowest BCUT2D eigenvalue weighted by Gasteiger charge is -2.21. The maximum atomic E-state index is 13.2. The van der Waals surface area contributed by atoms with Gasteiger partial charge in [0.2, 0.25) is 0 Å². The molecule has 0 saturated heterocycles. The molecule has 0 radical (unpaired) electrons. The molecule has 2 heterocycles. The number of amides is 2. The van der Waals surface area contributed by atoms with Crippen LogP contribution >= 0.6 is 34.5 Å². The number of halogens is 2. The largest absolute Gasteiger partial charge is 0.496 e. The number of fused-ring (bicyclic) bond motifs is 1. The molecule has 160 valence electrons. The molecular formula is C23H20Cl2N2O3S. The van der Waals surface area contributed by atoms with Crippen LogP contribution < -0.4 is 15.0 Å². The van der Waals surface area contributed by atoms with Gasteiger partial charge in [0, 0.05) is 27.7 Å². The number of aryl methyl sites for hydroxylation is 1. The lowest BCUT2D eigenvalue weighted by molar-refractivity contribution is 0.0985. The van der Waals surface area contributed by atoms with Gasteiger partial charge in [-0.3, -0.25) is 9.59 Å². The summed E-state index contributed by atoms with van der Waals surface area (Å²) in [5.74, 6) is -0.00396. The highest BCUT2D eigenvalue weighted by molar-refractivity contribution is 7.16. The second-order valence-corrected chi connectivity index (χ2v) is 9.35. The molecule has 2 aromatic carbocycles. The van der Waals surface area contributed by atoms with Crippen molar-refractivity contribution >= 4 is 57.7 Å². The van der Waals surface area contributed by atoms with Crippen LogP contribution in [-0.2, 0) is 6.42 Å². The van der Waals surface area contributed by atoms with Crippen molar-refractivity contribution < 1.29 is 14.3 Å². The summed E-state index contributed by atoms with van der Waals surface area (Å²) < 4.78 is 5.93. The van der Waals surface area contributed by atoms with Gasteiger partial charge in [-0.25, -0.2) is 0 Å². The number of rotatable bonds is 4. The van der Waals surface area contributed by atoms with Gasteiger partial charge in [0.25, 0.3) is 11.8 Å². The molecule has 1 aliphatic heterocycles. The first-order valence-electron chi connectivity index (χ1n) is 9.81. The summed E-state index contributed by atoms with van der Waals surface area (Å²) in [6.45, 7) is 0.660. The third kappa shape index (κ3) is 4.71. The quantitative estimate of drug-likeness (QED) is 0.482. The van der Waals surface area contributed by atoms with E-state index in [0.29, 0.717) is 38.5 Å². The Hall–Kier alpha value is -2.54. The smallest absolute Gasteiger partial charge is 0.259 e. The molecule has 1 aliphatic rings. The van der Waals surface area contributed by atoms with E-state index in [0.717, 1.165) is 29.8 Å². The van der Waals surface area contributed by atoms with E-state index in [9.17, 15) is 9.59 Å². The molecule has 4 rings (SSSR count). The second kappa shape index (κ2) is 9.30. The van der Waals surface area contributed by atoms with Crippen molar-refractivity contribution in [1.29, 1.82) is 0 Å². The first-order valence-corrected chi connectivity index (χ1v) is 11.4. The highest BCUT2D eigenvalue weighted by Gasteiger charge is 2.24. The maximum absolute atomic E-state index is 13.2. The minimum atomic E-state index is -0.322. The number of benzene rings is 2. The van der Waals surface area contributed by atoms with Crippen molar-refractivity contribution in [3.05, 3.63) is 73.9 Å². The van der Waals surface area contributed by atoms with Gasteiger partial charge < -0.3 is 15.0 Å². The number of anilines is 2. The molecule has 1 N–H and O–H groups in total. The Morgan fingerprint density at radius 2 is 1.84 bits per heavy atom. The Bertz CT molecular complexity index is 1130. The molecule has 0 unspecified atom stereocenters. The summed E-state index contributed by atoms with van der Waals surface area (Å²) in [7, 11) is 1.48. The average Bonchev–Trinajstić information content (AvgIpc) is 3.02. The van der Waals surface area contributed by atoms with E-state index in [1.807, 2.05) is 6.07 Å². The van der Waals surface area contributed by atoms with E-state index in [1.165, 1.54) is 18.4 Å². The fourth-order valence-corrected chi connectivity index (χ4v) is 5.06. The van der Waals surface area contributed by atoms with Gasteiger partial charge in [0.05, 0.1) is 22.7 Å².